The van der Waals surface area contributed by atoms with Gasteiger partial charge in [-0.15, -0.1) is 0 Å². The summed E-state index contributed by atoms with van der Waals surface area (Å²) < 4.78 is 10.7. The fraction of sp³-hybridized carbons (Fsp3) is 0.368. The Morgan fingerprint density at radius 3 is 2.35 bits per heavy atom. The molecule has 2 aromatic rings. The number of rotatable bonds is 8. The second-order valence-electron chi connectivity index (χ2n) is 4.72. The second-order valence-corrected chi connectivity index (χ2v) is 4.72. The van der Waals surface area contributed by atoms with Crippen LogP contribution in [0.25, 0.3) is 0 Å². The van der Waals surface area contributed by atoms with Crippen molar-refractivity contribution in [3.05, 3.63) is 54.1 Å². The Hall–Kier alpha value is -2.20. The van der Waals surface area contributed by atoms with Gasteiger partial charge in [0.25, 0.3) is 0 Å². The number of aromatic hydroxyl groups is 1. The van der Waals surface area contributed by atoms with Gasteiger partial charge in [0.1, 0.15) is 17.2 Å². The first kappa shape index (κ1) is 18.8. The number of methoxy groups -OCH3 is 1. The Morgan fingerprint density at radius 2 is 1.70 bits per heavy atom. The van der Waals surface area contributed by atoms with E-state index in [1.807, 2.05) is 50.2 Å². The van der Waals surface area contributed by atoms with E-state index < -0.39 is 0 Å². The van der Waals surface area contributed by atoms with Crippen molar-refractivity contribution in [2.24, 2.45) is 0 Å². The van der Waals surface area contributed by atoms with Crippen molar-refractivity contribution in [3.8, 4) is 17.2 Å². The molecule has 23 heavy (non-hydrogen) atoms. The van der Waals surface area contributed by atoms with Crippen molar-refractivity contribution in [1.29, 1.82) is 0 Å². The molecule has 2 N–H and O–H groups in total. The molecule has 126 valence electrons. The molecule has 0 fully saturated rings. The summed E-state index contributed by atoms with van der Waals surface area (Å²) in [6.45, 7) is 6.28. The van der Waals surface area contributed by atoms with Gasteiger partial charge in [0.2, 0.25) is 0 Å². The number of hydrogen-bond donors (Lipinski definition) is 2. The maximum absolute atomic E-state index is 9.36. The van der Waals surface area contributed by atoms with Gasteiger partial charge in [-0.2, -0.15) is 0 Å². The van der Waals surface area contributed by atoms with E-state index in [1.54, 1.807) is 19.2 Å². The summed E-state index contributed by atoms with van der Waals surface area (Å²) in [4.78, 5) is 0. The third-order valence-electron chi connectivity index (χ3n) is 3.07. The summed E-state index contributed by atoms with van der Waals surface area (Å²) in [7, 11) is 1.65. The number of benzene rings is 2. The van der Waals surface area contributed by atoms with E-state index in [4.69, 9.17) is 9.47 Å². The number of ether oxygens (including phenoxy) is 2. The van der Waals surface area contributed by atoms with E-state index in [0.717, 1.165) is 36.6 Å². The highest BCUT2D eigenvalue weighted by molar-refractivity contribution is 5.31. The summed E-state index contributed by atoms with van der Waals surface area (Å²) in [5.41, 5.74) is 1.08. The number of hydrogen-bond acceptors (Lipinski definition) is 4. The Bertz CT molecular complexity index is 541. The van der Waals surface area contributed by atoms with E-state index in [2.05, 4.69) is 5.32 Å². The zero-order chi connectivity index (χ0) is 16.9. The first-order chi connectivity index (χ1) is 11.3. The topological polar surface area (TPSA) is 50.7 Å². The molecule has 2 aromatic carbocycles. The molecule has 0 atom stereocenters. The lowest BCUT2D eigenvalue weighted by Gasteiger charge is -2.08. The Kier molecular flexibility index (Phi) is 9.32. The number of nitrogens with one attached hydrogen (secondary N) is 1. The van der Waals surface area contributed by atoms with E-state index in [1.165, 1.54) is 0 Å². The van der Waals surface area contributed by atoms with E-state index in [0.29, 0.717) is 12.4 Å². The Labute approximate surface area is 139 Å². The van der Waals surface area contributed by atoms with Gasteiger partial charge in [0.05, 0.1) is 13.7 Å². The molecule has 0 aliphatic heterocycles. The predicted octanol–water partition coefficient (Wildman–Crippen LogP) is 3.99. The van der Waals surface area contributed by atoms with Gasteiger partial charge in [-0.1, -0.05) is 26.0 Å². The third-order valence-corrected chi connectivity index (χ3v) is 3.07. The van der Waals surface area contributed by atoms with Gasteiger partial charge < -0.3 is 19.9 Å². The van der Waals surface area contributed by atoms with Crippen molar-refractivity contribution in [3.63, 3.8) is 0 Å². The lowest BCUT2D eigenvalue weighted by atomic mass is 10.2. The summed E-state index contributed by atoms with van der Waals surface area (Å²) in [5, 5.41) is 12.7. The second kappa shape index (κ2) is 11.4. The minimum Gasteiger partial charge on any atom is -0.508 e. The Balaban J connectivity index is 0.00000127. The van der Waals surface area contributed by atoms with Crippen LogP contribution in [-0.4, -0.2) is 25.4 Å². The van der Waals surface area contributed by atoms with Crippen molar-refractivity contribution in [1.82, 2.24) is 5.32 Å². The highest BCUT2D eigenvalue weighted by atomic mass is 16.5. The first-order valence-electron chi connectivity index (χ1n) is 8.03. The predicted molar refractivity (Wildman–Crippen MR) is 94.3 cm³/mol. The molecule has 0 heterocycles. The monoisotopic (exact) mass is 317 g/mol. The lowest BCUT2D eigenvalue weighted by Crippen LogP contribution is -2.16. The van der Waals surface area contributed by atoms with Gasteiger partial charge >= 0.3 is 0 Å². The summed E-state index contributed by atoms with van der Waals surface area (Å²) in [6, 6.07) is 14.8. The molecule has 0 radical (unpaired) electrons. The van der Waals surface area contributed by atoms with Gasteiger partial charge in [0.15, 0.2) is 0 Å². The molecule has 0 saturated carbocycles. The van der Waals surface area contributed by atoms with Gasteiger partial charge in [-0.3, -0.25) is 0 Å². The van der Waals surface area contributed by atoms with Crippen LogP contribution < -0.4 is 14.8 Å². The fourth-order valence-corrected chi connectivity index (χ4v) is 1.96. The van der Waals surface area contributed by atoms with Crippen LogP contribution in [-0.2, 0) is 6.54 Å². The average molecular weight is 317 g/mol. The van der Waals surface area contributed by atoms with E-state index in [9.17, 15) is 5.11 Å². The smallest absolute Gasteiger partial charge is 0.119 e. The maximum Gasteiger partial charge on any atom is 0.119 e. The molecule has 0 amide bonds. The van der Waals surface area contributed by atoms with Gasteiger partial charge in [-0.05, 0) is 54.9 Å². The van der Waals surface area contributed by atoms with Crippen molar-refractivity contribution in [2.75, 3.05) is 20.3 Å². The molecule has 0 spiro atoms. The van der Waals surface area contributed by atoms with Crippen LogP contribution in [0.4, 0.5) is 0 Å². The third kappa shape index (κ3) is 7.56. The van der Waals surface area contributed by atoms with Crippen LogP contribution in [0.1, 0.15) is 25.8 Å². The average Bonchev–Trinajstić information content (AvgIpc) is 2.60. The highest BCUT2D eigenvalue weighted by Crippen LogP contribution is 2.17. The molecule has 0 unspecified atom stereocenters. The normalized spacial score (nSPS) is 9.70. The van der Waals surface area contributed by atoms with Crippen LogP contribution in [0, 0.1) is 0 Å². The highest BCUT2D eigenvalue weighted by Gasteiger charge is 1.96. The van der Waals surface area contributed by atoms with Crippen LogP contribution in [0.15, 0.2) is 48.5 Å². The minimum absolute atomic E-state index is 0.303. The molecule has 2 rings (SSSR count). The van der Waals surface area contributed by atoms with Gasteiger partial charge in [-0.25, -0.2) is 0 Å². The standard InChI is InChI=1S/C17H21NO3.C2H6/c1-20-16-6-8-17(9-7-16)21-11-3-10-18-13-14-4-2-5-15(19)12-14;1-2/h2,4-9,12,18-19H,3,10-11,13H2,1H3;1-2H3. The molecular formula is C19H27NO3. The van der Waals surface area contributed by atoms with Crippen LogP contribution in [0.2, 0.25) is 0 Å². The SMILES string of the molecule is CC.COc1ccc(OCCCNCc2cccc(O)c2)cc1. The van der Waals surface area contributed by atoms with Gasteiger partial charge in [0, 0.05) is 6.54 Å². The molecule has 4 heteroatoms. The fourth-order valence-electron chi connectivity index (χ4n) is 1.96. The maximum atomic E-state index is 9.36. The molecule has 4 nitrogen and oxygen atoms in total. The molecule has 0 aliphatic carbocycles. The quantitative estimate of drug-likeness (QED) is 0.723. The number of phenolic OH excluding ortho intramolecular Hbond substituents is 1. The van der Waals surface area contributed by atoms with Crippen LogP contribution in [0.3, 0.4) is 0 Å². The molecule has 0 aliphatic rings. The summed E-state index contributed by atoms with van der Waals surface area (Å²) in [6.07, 6.45) is 0.921. The first-order valence-corrected chi connectivity index (χ1v) is 8.03. The zero-order valence-corrected chi connectivity index (χ0v) is 14.2. The molecule has 0 bridgehead atoms. The van der Waals surface area contributed by atoms with E-state index in [-0.39, 0.29) is 0 Å². The lowest BCUT2D eigenvalue weighted by molar-refractivity contribution is 0.307. The Morgan fingerprint density at radius 1 is 1.00 bits per heavy atom. The van der Waals surface area contributed by atoms with Crippen molar-refractivity contribution < 1.29 is 14.6 Å². The van der Waals surface area contributed by atoms with Crippen molar-refractivity contribution >= 4 is 0 Å². The van der Waals surface area contributed by atoms with Crippen LogP contribution in [0.5, 0.6) is 17.2 Å². The molecule has 0 aromatic heterocycles. The van der Waals surface area contributed by atoms with Crippen molar-refractivity contribution in [2.45, 2.75) is 26.8 Å². The minimum atomic E-state index is 0.303. The van der Waals surface area contributed by atoms with E-state index >= 15 is 0 Å². The molecular weight excluding hydrogens is 290 g/mol. The zero-order valence-electron chi connectivity index (χ0n) is 14.2. The van der Waals surface area contributed by atoms with Crippen LogP contribution >= 0.6 is 0 Å². The molecule has 0 saturated heterocycles. The summed E-state index contributed by atoms with van der Waals surface area (Å²) >= 11 is 0. The summed E-state index contributed by atoms with van der Waals surface area (Å²) in [5.74, 6) is 1.98. The number of phenols is 1. The largest absolute Gasteiger partial charge is 0.508 e.